The molecule has 1 amide bonds. The zero-order valence-corrected chi connectivity index (χ0v) is 8.87. The van der Waals surface area contributed by atoms with Gasteiger partial charge in [0.05, 0.1) is 6.61 Å². The Morgan fingerprint density at radius 3 is 3.07 bits per heavy atom. The highest BCUT2D eigenvalue weighted by Gasteiger charge is 2.26. The van der Waals surface area contributed by atoms with E-state index in [1.165, 1.54) is 0 Å². The van der Waals surface area contributed by atoms with Gasteiger partial charge in [-0.15, -0.1) is 0 Å². The Bertz CT molecular complexity index is 185. The van der Waals surface area contributed by atoms with Crippen molar-refractivity contribution in [3.63, 3.8) is 0 Å². The predicted octanol–water partition coefficient (Wildman–Crippen LogP) is 0.363. The fraction of sp³-hybridized carbons (Fsp3) is 0.900. The van der Waals surface area contributed by atoms with Gasteiger partial charge in [0.1, 0.15) is 6.61 Å². The van der Waals surface area contributed by atoms with Crippen molar-refractivity contribution in [2.45, 2.75) is 32.2 Å². The van der Waals surface area contributed by atoms with Crippen molar-refractivity contribution in [3.05, 3.63) is 0 Å². The van der Waals surface area contributed by atoms with E-state index in [0.29, 0.717) is 19.2 Å². The van der Waals surface area contributed by atoms with Crippen molar-refractivity contribution in [1.82, 2.24) is 4.90 Å². The van der Waals surface area contributed by atoms with E-state index in [2.05, 4.69) is 6.92 Å². The van der Waals surface area contributed by atoms with Crippen LogP contribution < -0.4 is 5.73 Å². The Morgan fingerprint density at radius 1 is 1.64 bits per heavy atom. The minimum atomic E-state index is 0.114. The number of ether oxygens (including phenoxy) is 1. The number of amides is 1. The van der Waals surface area contributed by atoms with Crippen molar-refractivity contribution < 1.29 is 9.53 Å². The van der Waals surface area contributed by atoms with Gasteiger partial charge in [0.15, 0.2) is 0 Å². The molecule has 4 heteroatoms. The molecule has 1 aliphatic heterocycles. The summed E-state index contributed by atoms with van der Waals surface area (Å²) in [4.78, 5) is 13.6. The molecule has 14 heavy (non-hydrogen) atoms. The first kappa shape index (κ1) is 11.5. The van der Waals surface area contributed by atoms with Gasteiger partial charge in [-0.1, -0.05) is 6.92 Å². The lowest BCUT2D eigenvalue weighted by Gasteiger charge is -2.23. The number of rotatable bonds is 5. The van der Waals surface area contributed by atoms with Gasteiger partial charge in [0.2, 0.25) is 5.91 Å². The number of nitrogens with zero attached hydrogens (tertiary/aromatic N) is 1. The third-order valence-electron chi connectivity index (χ3n) is 2.66. The number of nitrogens with two attached hydrogens (primary N) is 1. The molecule has 0 aromatic carbocycles. The first-order valence-electron chi connectivity index (χ1n) is 5.36. The molecule has 2 N–H and O–H groups in total. The van der Waals surface area contributed by atoms with Crippen molar-refractivity contribution in [1.29, 1.82) is 0 Å². The fourth-order valence-electron chi connectivity index (χ4n) is 1.91. The van der Waals surface area contributed by atoms with Crippen LogP contribution in [-0.2, 0) is 9.53 Å². The number of likely N-dealkylation sites (tertiary alicyclic amines) is 1. The van der Waals surface area contributed by atoms with E-state index < -0.39 is 0 Å². The molecule has 4 nitrogen and oxygen atoms in total. The van der Waals surface area contributed by atoms with Crippen LogP contribution in [0.25, 0.3) is 0 Å². The minimum Gasteiger partial charge on any atom is -0.370 e. The largest absolute Gasteiger partial charge is 0.370 e. The molecule has 1 rings (SSSR count). The van der Waals surface area contributed by atoms with Crippen LogP contribution in [0, 0.1) is 0 Å². The predicted molar refractivity (Wildman–Crippen MR) is 54.9 cm³/mol. The minimum absolute atomic E-state index is 0.114. The highest BCUT2D eigenvalue weighted by atomic mass is 16.5. The van der Waals surface area contributed by atoms with Crippen molar-refractivity contribution in [2.75, 3.05) is 26.3 Å². The summed E-state index contributed by atoms with van der Waals surface area (Å²) in [6.07, 6.45) is 3.31. The molecule has 1 unspecified atom stereocenters. The molecule has 82 valence electrons. The van der Waals surface area contributed by atoms with Crippen LogP contribution in [-0.4, -0.2) is 43.2 Å². The van der Waals surface area contributed by atoms with Gasteiger partial charge in [-0.2, -0.15) is 0 Å². The molecule has 1 atom stereocenters. The van der Waals surface area contributed by atoms with Gasteiger partial charge < -0.3 is 15.4 Å². The summed E-state index contributed by atoms with van der Waals surface area (Å²) in [5, 5.41) is 0. The third kappa shape index (κ3) is 2.96. The van der Waals surface area contributed by atoms with E-state index in [1.54, 1.807) is 0 Å². The van der Waals surface area contributed by atoms with Crippen LogP contribution in [0.1, 0.15) is 26.2 Å². The molecule has 1 fully saturated rings. The Balaban J connectivity index is 2.28. The monoisotopic (exact) mass is 200 g/mol. The molecular formula is C10H20N2O2. The lowest BCUT2D eigenvalue weighted by atomic mass is 10.2. The Kier molecular flexibility index (Phi) is 4.90. The lowest BCUT2D eigenvalue weighted by molar-refractivity contribution is -0.136. The normalized spacial score (nSPS) is 21.6. The molecule has 0 radical (unpaired) electrons. The van der Waals surface area contributed by atoms with Crippen LogP contribution in [0.5, 0.6) is 0 Å². The molecule has 0 bridgehead atoms. The maximum atomic E-state index is 11.6. The summed E-state index contributed by atoms with van der Waals surface area (Å²) >= 11 is 0. The first-order valence-corrected chi connectivity index (χ1v) is 5.36. The fourth-order valence-corrected chi connectivity index (χ4v) is 1.91. The van der Waals surface area contributed by atoms with E-state index in [4.69, 9.17) is 10.5 Å². The zero-order valence-electron chi connectivity index (χ0n) is 8.87. The molecule has 1 aliphatic rings. The first-order chi connectivity index (χ1) is 6.79. The SMILES string of the molecule is CCC1CCCN1C(=O)COCCN. The number of hydrogen-bond acceptors (Lipinski definition) is 3. The van der Waals surface area contributed by atoms with Crippen LogP contribution in [0.15, 0.2) is 0 Å². The number of carbonyl (C=O) groups excluding carboxylic acids is 1. The summed E-state index contributed by atoms with van der Waals surface area (Å²) in [6, 6.07) is 0.434. The Labute approximate surface area is 85.4 Å². The average molecular weight is 200 g/mol. The highest BCUT2D eigenvalue weighted by molar-refractivity contribution is 5.78. The van der Waals surface area contributed by atoms with E-state index in [0.717, 1.165) is 25.8 Å². The van der Waals surface area contributed by atoms with Crippen LogP contribution >= 0.6 is 0 Å². The number of carbonyl (C=O) groups is 1. The second kappa shape index (κ2) is 5.98. The summed E-state index contributed by atoms with van der Waals surface area (Å²) in [6.45, 7) is 4.15. The zero-order chi connectivity index (χ0) is 10.4. The molecule has 1 saturated heterocycles. The second-order valence-electron chi connectivity index (χ2n) is 3.63. The van der Waals surface area contributed by atoms with Crippen molar-refractivity contribution >= 4 is 5.91 Å². The van der Waals surface area contributed by atoms with Gasteiger partial charge in [-0.05, 0) is 19.3 Å². The lowest BCUT2D eigenvalue weighted by Crippen LogP contribution is -2.37. The van der Waals surface area contributed by atoms with Gasteiger partial charge in [0, 0.05) is 19.1 Å². The van der Waals surface area contributed by atoms with Crippen LogP contribution in [0.4, 0.5) is 0 Å². The summed E-state index contributed by atoms with van der Waals surface area (Å²) in [5.41, 5.74) is 5.27. The van der Waals surface area contributed by atoms with E-state index in [9.17, 15) is 4.79 Å². The summed E-state index contributed by atoms with van der Waals surface area (Å²) in [7, 11) is 0. The van der Waals surface area contributed by atoms with Gasteiger partial charge in [0.25, 0.3) is 0 Å². The van der Waals surface area contributed by atoms with Gasteiger partial charge >= 0.3 is 0 Å². The third-order valence-corrected chi connectivity index (χ3v) is 2.66. The van der Waals surface area contributed by atoms with E-state index >= 15 is 0 Å². The van der Waals surface area contributed by atoms with Crippen LogP contribution in [0.3, 0.4) is 0 Å². The highest BCUT2D eigenvalue weighted by Crippen LogP contribution is 2.19. The molecule has 0 spiro atoms. The maximum absolute atomic E-state index is 11.6. The summed E-state index contributed by atoms with van der Waals surface area (Å²) < 4.78 is 5.13. The smallest absolute Gasteiger partial charge is 0.248 e. The van der Waals surface area contributed by atoms with Crippen molar-refractivity contribution in [2.24, 2.45) is 5.73 Å². The molecule has 1 heterocycles. The standard InChI is InChI=1S/C10H20N2O2/c1-2-9-4-3-6-12(9)10(13)8-14-7-5-11/h9H,2-8,11H2,1H3. The molecule has 0 aromatic rings. The molecule has 0 aromatic heterocycles. The van der Waals surface area contributed by atoms with Crippen molar-refractivity contribution in [3.8, 4) is 0 Å². The number of hydrogen-bond donors (Lipinski definition) is 1. The Hall–Kier alpha value is -0.610. The van der Waals surface area contributed by atoms with Crippen LogP contribution in [0.2, 0.25) is 0 Å². The average Bonchev–Trinajstić information content (AvgIpc) is 2.65. The van der Waals surface area contributed by atoms with E-state index in [-0.39, 0.29) is 12.5 Å². The molecule has 0 saturated carbocycles. The summed E-state index contributed by atoms with van der Waals surface area (Å²) in [5.74, 6) is 0.114. The molecule has 0 aliphatic carbocycles. The quantitative estimate of drug-likeness (QED) is 0.652. The second-order valence-corrected chi connectivity index (χ2v) is 3.63. The molecular weight excluding hydrogens is 180 g/mol. The van der Waals surface area contributed by atoms with E-state index in [1.807, 2.05) is 4.90 Å². The maximum Gasteiger partial charge on any atom is 0.248 e. The van der Waals surface area contributed by atoms with Gasteiger partial charge in [-0.3, -0.25) is 4.79 Å². The Morgan fingerprint density at radius 2 is 2.43 bits per heavy atom. The topological polar surface area (TPSA) is 55.6 Å². The van der Waals surface area contributed by atoms with Gasteiger partial charge in [-0.25, -0.2) is 0 Å².